The molecule has 3 aromatic heterocycles. The lowest BCUT2D eigenvalue weighted by molar-refractivity contribution is 0.249. The number of hydrogen-bond donors (Lipinski definition) is 2. The molecule has 1 fully saturated rings. The highest BCUT2D eigenvalue weighted by Crippen LogP contribution is 2.27. The number of likely N-dealkylation sites (tertiary alicyclic amines) is 1. The van der Waals surface area contributed by atoms with Gasteiger partial charge in [0.15, 0.2) is 5.96 Å². The molecule has 0 bridgehead atoms. The standard InChI is InChI=1S/C22H28N4OS2/c1-2-12-26(11-1)20(21-8-5-15-29-21)17-25-22(24-16-19-7-4-14-28-19)23-10-9-18-6-3-13-27-18/h3-8,13-15,20H,1-2,9-12,16-17H2,(H2,23,24,25). The van der Waals surface area contributed by atoms with Crippen molar-refractivity contribution in [2.24, 2.45) is 4.99 Å². The van der Waals surface area contributed by atoms with Gasteiger partial charge in [0, 0.05) is 29.3 Å². The van der Waals surface area contributed by atoms with Crippen LogP contribution in [0.25, 0.3) is 0 Å². The molecule has 154 valence electrons. The largest absolute Gasteiger partial charge is 0.469 e. The maximum atomic E-state index is 5.44. The van der Waals surface area contributed by atoms with Crippen LogP contribution < -0.4 is 10.6 Å². The van der Waals surface area contributed by atoms with E-state index in [0.717, 1.165) is 31.2 Å². The van der Waals surface area contributed by atoms with E-state index >= 15 is 0 Å². The number of aliphatic imine (C=N–C) groups is 1. The van der Waals surface area contributed by atoms with Crippen LogP contribution in [0, 0.1) is 0 Å². The third kappa shape index (κ3) is 5.95. The van der Waals surface area contributed by atoms with Crippen molar-refractivity contribution in [2.75, 3.05) is 26.2 Å². The molecule has 2 N–H and O–H groups in total. The third-order valence-electron chi connectivity index (χ3n) is 5.13. The summed E-state index contributed by atoms with van der Waals surface area (Å²) in [6, 6.07) is 13.0. The summed E-state index contributed by atoms with van der Waals surface area (Å²) in [5.41, 5.74) is 0. The SMILES string of the molecule is c1coc(CCNC(=NCc2cccs2)NCC(c2cccs2)N2CCCC2)c1. The van der Waals surface area contributed by atoms with Crippen LogP contribution in [0.1, 0.15) is 34.4 Å². The molecule has 0 aromatic carbocycles. The van der Waals surface area contributed by atoms with E-state index in [1.54, 1.807) is 17.6 Å². The molecule has 4 heterocycles. The molecule has 0 amide bonds. The Morgan fingerprint density at radius 1 is 1.07 bits per heavy atom. The summed E-state index contributed by atoms with van der Waals surface area (Å²) in [7, 11) is 0. The number of hydrogen-bond acceptors (Lipinski definition) is 5. The lowest BCUT2D eigenvalue weighted by atomic mass is 10.2. The van der Waals surface area contributed by atoms with Gasteiger partial charge in [0.1, 0.15) is 5.76 Å². The van der Waals surface area contributed by atoms with Gasteiger partial charge in [-0.1, -0.05) is 12.1 Å². The van der Waals surface area contributed by atoms with Gasteiger partial charge in [-0.25, -0.2) is 4.99 Å². The normalized spacial score (nSPS) is 16.2. The van der Waals surface area contributed by atoms with Crippen molar-refractivity contribution in [2.45, 2.75) is 31.8 Å². The Kier molecular flexibility index (Phi) is 7.39. The number of furan rings is 1. The molecule has 5 nitrogen and oxygen atoms in total. The van der Waals surface area contributed by atoms with Crippen molar-refractivity contribution in [1.29, 1.82) is 0 Å². The van der Waals surface area contributed by atoms with Crippen LogP contribution >= 0.6 is 22.7 Å². The van der Waals surface area contributed by atoms with Crippen LogP contribution in [-0.4, -0.2) is 37.0 Å². The number of thiophene rings is 2. The minimum atomic E-state index is 0.399. The van der Waals surface area contributed by atoms with Crippen molar-refractivity contribution in [3.05, 3.63) is 68.9 Å². The Labute approximate surface area is 180 Å². The topological polar surface area (TPSA) is 52.8 Å². The van der Waals surface area contributed by atoms with E-state index in [2.05, 4.69) is 50.6 Å². The first-order chi connectivity index (χ1) is 14.4. The predicted octanol–water partition coefficient (Wildman–Crippen LogP) is 4.52. The van der Waals surface area contributed by atoms with E-state index < -0.39 is 0 Å². The molecule has 1 aliphatic heterocycles. The number of nitrogens with one attached hydrogen (secondary N) is 2. The van der Waals surface area contributed by atoms with Gasteiger partial charge in [-0.05, 0) is 61.0 Å². The molecule has 29 heavy (non-hydrogen) atoms. The summed E-state index contributed by atoms with van der Waals surface area (Å²) in [5, 5.41) is 11.4. The van der Waals surface area contributed by atoms with Gasteiger partial charge in [0.2, 0.25) is 0 Å². The Morgan fingerprint density at radius 2 is 1.93 bits per heavy atom. The number of rotatable bonds is 9. The molecule has 0 aliphatic carbocycles. The van der Waals surface area contributed by atoms with Crippen LogP contribution in [0.3, 0.4) is 0 Å². The average molecular weight is 429 g/mol. The van der Waals surface area contributed by atoms with Gasteiger partial charge in [0.05, 0.1) is 18.8 Å². The van der Waals surface area contributed by atoms with Crippen LogP contribution in [0.2, 0.25) is 0 Å². The minimum Gasteiger partial charge on any atom is -0.469 e. The first-order valence-corrected chi connectivity index (χ1v) is 12.0. The Balaban J connectivity index is 1.39. The maximum Gasteiger partial charge on any atom is 0.191 e. The van der Waals surface area contributed by atoms with E-state index in [1.807, 2.05) is 23.5 Å². The molecule has 1 unspecified atom stereocenters. The van der Waals surface area contributed by atoms with Crippen molar-refractivity contribution >= 4 is 28.6 Å². The molecular weight excluding hydrogens is 400 g/mol. The molecular formula is C22H28N4OS2. The van der Waals surface area contributed by atoms with Crippen LogP contribution in [0.15, 0.2) is 62.8 Å². The van der Waals surface area contributed by atoms with Crippen molar-refractivity contribution in [1.82, 2.24) is 15.5 Å². The predicted molar refractivity (Wildman–Crippen MR) is 122 cm³/mol. The maximum absolute atomic E-state index is 5.44. The first kappa shape index (κ1) is 20.2. The Hall–Kier alpha value is -2.09. The fraction of sp³-hybridized carbons (Fsp3) is 0.409. The highest BCUT2D eigenvalue weighted by molar-refractivity contribution is 7.10. The minimum absolute atomic E-state index is 0.399. The van der Waals surface area contributed by atoms with E-state index in [1.165, 1.54) is 35.7 Å². The average Bonchev–Trinajstić information content (AvgIpc) is 3.55. The smallest absolute Gasteiger partial charge is 0.191 e. The van der Waals surface area contributed by atoms with Crippen molar-refractivity contribution in [3.63, 3.8) is 0 Å². The first-order valence-electron chi connectivity index (χ1n) is 10.2. The quantitative estimate of drug-likeness (QED) is 0.389. The molecule has 0 radical (unpaired) electrons. The van der Waals surface area contributed by atoms with Crippen molar-refractivity contribution in [3.8, 4) is 0 Å². The van der Waals surface area contributed by atoms with E-state index in [-0.39, 0.29) is 0 Å². The van der Waals surface area contributed by atoms with Gasteiger partial charge < -0.3 is 15.1 Å². The summed E-state index contributed by atoms with van der Waals surface area (Å²) in [6.07, 6.45) is 5.15. The molecule has 3 aromatic rings. The lowest BCUT2D eigenvalue weighted by Gasteiger charge is -2.27. The van der Waals surface area contributed by atoms with E-state index in [4.69, 9.17) is 9.41 Å². The molecule has 1 saturated heterocycles. The second-order valence-electron chi connectivity index (χ2n) is 7.16. The molecule has 0 spiro atoms. The van der Waals surface area contributed by atoms with Crippen LogP contribution in [-0.2, 0) is 13.0 Å². The monoisotopic (exact) mass is 428 g/mol. The third-order valence-corrected chi connectivity index (χ3v) is 6.97. The second-order valence-corrected chi connectivity index (χ2v) is 9.17. The Morgan fingerprint density at radius 3 is 2.66 bits per heavy atom. The second kappa shape index (κ2) is 10.6. The number of nitrogens with zero attached hydrogens (tertiary/aromatic N) is 2. The zero-order valence-corrected chi connectivity index (χ0v) is 18.2. The van der Waals surface area contributed by atoms with Gasteiger partial charge in [0.25, 0.3) is 0 Å². The summed E-state index contributed by atoms with van der Waals surface area (Å²) in [6.45, 7) is 4.70. The van der Waals surface area contributed by atoms with Gasteiger partial charge in [-0.3, -0.25) is 4.90 Å². The fourth-order valence-electron chi connectivity index (χ4n) is 3.63. The van der Waals surface area contributed by atoms with Gasteiger partial charge >= 0.3 is 0 Å². The van der Waals surface area contributed by atoms with Crippen LogP contribution in [0.4, 0.5) is 0 Å². The molecule has 0 saturated carbocycles. The van der Waals surface area contributed by atoms with E-state index in [9.17, 15) is 0 Å². The fourth-order valence-corrected chi connectivity index (χ4v) is 5.12. The molecule has 1 atom stereocenters. The highest BCUT2D eigenvalue weighted by Gasteiger charge is 2.24. The lowest BCUT2D eigenvalue weighted by Crippen LogP contribution is -2.43. The molecule has 4 rings (SSSR count). The van der Waals surface area contributed by atoms with Gasteiger partial charge in [-0.15, -0.1) is 22.7 Å². The summed E-state index contributed by atoms with van der Waals surface area (Å²) in [5.74, 6) is 1.86. The van der Waals surface area contributed by atoms with Crippen molar-refractivity contribution < 1.29 is 4.42 Å². The highest BCUT2D eigenvalue weighted by atomic mass is 32.1. The Bertz CT molecular complexity index is 838. The zero-order chi connectivity index (χ0) is 19.7. The molecule has 1 aliphatic rings. The summed E-state index contributed by atoms with van der Waals surface area (Å²) in [4.78, 5) is 10.1. The summed E-state index contributed by atoms with van der Waals surface area (Å²) >= 11 is 3.59. The number of guanidine groups is 1. The van der Waals surface area contributed by atoms with E-state index in [0.29, 0.717) is 12.6 Å². The van der Waals surface area contributed by atoms with Crippen LogP contribution in [0.5, 0.6) is 0 Å². The van der Waals surface area contributed by atoms with Gasteiger partial charge in [-0.2, -0.15) is 0 Å². The summed E-state index contributed by atoms with van der Waals surface area (Å²) < 4.78 is 5.44. The molecule has 7 heteroatoms. The zero-order valence-electron chi connectivity index (χ0n) is 16.5.